The molecule has 0 N–H and O–H groups in total. The molecule has 0 unspecified atom stereocenters. The maximum Gasteiger partial charge on any atom is 0.0790 e. The molecule has 0 saturated heterocycles. The molecule has 1 aromatic carbocycles. The van der Waals surface area contributed by atoms with Crippen molar-refractivity contribution in [2.24, 2.45) is 0 Å². The summed E-state index contributed by atoms with van der Waals surface area (Å²) >= 11 is 5.73. The molecule has 0 aliphatic heterocycles. The van der Waals surface area contributed by atoms with E-state index in [9.17, 15) is 0 Å². The van der Waals surface area contributed by atoms with E-state index in [0.29, 0.717) is 5.02 Å². The molecule has 0 bridgehead atoms. The normalized spacial score (nSPS) is 10.1. The van der Waals surface area contributed by atoms with Crippen molar-refractivity contribution in [2.75, 3.05) is 0 Å². The van der Waals surface area contributed by atoms with Gasteiger partial charge in [0, 0.05) is 6.20 Å². The van der Waals surface area contributed by atoms with Gasteiger partial charge in [0.25, 0.3) is 0 Å². The standard InChI is InChI=1S/C9H7ClN2/c10-8-6-11-12(7-8)9-4-2-1-3-5-9/h1-7H. The fourth-order valence-corrected chi connectivity index (χ4v) is 1.16. The average molecular weight is 179 g/mol. The van der Waals surface area contributed by atoms with Crippen molar-refractivity contribution < 1.29 is 0 Å². The second kappa shape index (κ2) is 2.99. The van der Waals surface area contributed by atoms with Crippen molar-refractivity contribution in [1.29, 1.82) is 0 Å². The van der Waals surface area contributed by atoms with E-state index in [2.05, 4.69) is 5.10 Å². The summed E-state index contributed by atoms with van der Waals surface area (Å²) in [5, 5.41) is 4.72. The molecule has 0 aliphatic carbocycles. The molecule has 2 aromatic rings. The van der Waals surface area contributed by atoms with Gasteiger partial charge < -0.3 is 0 Å². The summed E-state index contributed by atoms with van der Waals surface area (Å²) in [7, 11) is 0. The lowest BCUT2D eigenvalue weighted by molar-refractivity contribution is 0.880. The van der Waals surface area contributed by atoms with Crippen molar-refractivity contribution in [2.45, 2.75) is 0 Å². The van der Waals surface area contributed by atoms with E-state index in [1.54, 1.807) is 17.1 Å². The number of hydrogen-bond donors (Lipinski definition) is 0. The van der Waals surface area contributed by atoms with Gasteiger partial charge in [-0.15, -0.1) is 0 Å². The molecule has 0 radical (unpaired) electrons. The highest BCUT2D eigenvalue weighted by Gasteiger charge is 1.95. The van der Waals surface area contributed by atoms with Crippen LogP contribution in [0.15, 0.2) is 42.7 Å². The molecule has 1 aromatic heterocycles. The maximum atomic E-state index is 5.73. The summed E-state index contributed by atoms with van der Waals surface area (Å²) in [5.41, 5.74) is 1.02. The van der Waals surface area contributed by atoms with Crippen molar-refractivity contribution >= 4 is 11.6 Å². The van der Waals surface area contributed by atoms with Gasteiger partial charge in [-0.25, -0.2) is 4.68 Å². The van der Waals surface area contributed by atoms with Gasteiger partial charge in [0.05, 0.1) is 16.9 Å². The van der Waals surface area contributed by atoms with Crippen LogP contribution in [0.4, 0.5) is 0 Å². The Bertz CT molecular complexity index is 367. The summed E-state index contributed by atoms with van der Waals surface area (Å²) in [6.45, 7) is 0. The van der Waals surface area contributed by atoms with Crippen LogP contribution in [0.5, 0.6) is 0 Å². The summed E-state index contributed by atoms with van der Waals surface area (Å²) in [4.78, 5) is 0. The number of hydrogen-bond acceptors (Lipinski definition) is 1. The Morgan fingerprint density at radius 2 is 1.92 bits per heavy atom. The van der Waals surface area contributed by atoms with E-state index in [-0.39, 0.29) is 0 Å². The third kappa shape index (κ3) is 1.34. The number of benzene rings is 1. The Hall–Kier alpha value is -1.28. The lowest BCUT2D eigenvalue weighted by Gasteiger charge is -1.97. The summed E-state index contributed by atoms with van der Waals surface area (Å²) in [6, 6.07) is 9.84. The van der Waals surface area contributed by atoms with E-state index < -0.39 is 0 Å². The second-order valence-corrected chi connectivity index (χ2v) is 2.88. The quantitative estimate of drug-likeness (QED) is 0.656. The van der Waals surface area contributed by atoms with Crippen LogP contribution in [-0.4, -0.2) is 9.78 Å². The van der Waals surface area contributed by atoms with Gasteiger partial charge >= 0.3 is 0 Å². The smallest absolute Gasteiger partial charge is 0.0790 e. The van der Waals surface area contributed by atoms with E-state index in [4.69, 9.17) is 11.6 Å². The molecule has 1 heterocycles. The average Bonchev–Trinajstić information content (AvgIpc) is 2.54. The molecule has 0 fully saturated rings. The largest absolute Gasteiger partial charge is 0.239 e. The highest BCUT2D eigenvalue weighted by Crippen LogP contribution is 2.10. The number of rotatable bonds is 1. The highest BCUT2D eigenvalue weighted by atomic mass is 35.5. The van der Waals surface area contributed by atoms with Gasteiger partial charge in [0.2, 0.25) is 0 Å². The second-order valence-electron chi connectivity index (χ2n) is 2.44. The molecular weight excluding hydrogens is 172 g/mol. The number of halogens is 1. The van der Waals surface area contributed by atoms with Crippen molar-refractivity contribution in [3.8, 4) is 5.69 Å². The maximum absolute atomic E-state index is 5.73. The van der Waals surface area contributed by atoms with E-state index in [0.717, 1.165) is 5.69 Å². The molecule has 0 atom stereocenters. The SMILES string of the molecule is Clc1cnn(-c2ccccc2)c1. The number of nitrogens with zero attached hydrogens (tertiary/aromatic N) is 2. The number of para-hydroxylation sites is 1. The van der Waals surface area contributed by atoms with E-state index in [1.807, 2.05) is 30.3 Å². The first-order valence-electron chi connectivity index (χ1n) is 3.62. The van der Waals surface area contributed by atoms with Crippen LogP contribution in [0.3, 0.4) is 0 Å². The summed E-state index contributed by atoms with van der Waals surface area (Å²) in [6.07, 6.45) is 3.39. The zero-order valence-electron chi connectivity index (χ0n) is 6.31. The molecule has 0 spiro atoms. The third-order valence-electron chi connectivity index (χ3n) is 1.57. The van der Waals surface area contributed by atoms with Crippen LogP contribution >= 0.6 is 11.6 Å². The Morgan fingerprint density at radius 1 is 1.17 bits per heavy atom. The van der Waals surface area contributed by atoms with Crippen LogP contribution in [0, 0.1) is 0 Å². The molecule has 2 nitrogen and oxygen atoms in total. The molecular formula is C9H7ClN2. The Morgan fingerprint density at radius 3 is 2.50 bits per heavy atom. The zero-order chi connectivity index (χ0) is 8.39. The molecule has 0 aliphatic rings. The Kier molecular flexibility index (Phi) is 1.84. The fourth-order valence-electron chi connectivity index (χ4n) is 1.02. The topological polar surface area (TPSA) is 17.8 Å². The van der Waals surface area contributed by atoms with Crippen molar-refractivity contribution in [3.05, 3.63) is 47.7 Å². The minimum absolute atomic E-state index is 0.652. The Labute approximate surface area is 75.4 Å². The molecule has 60 valence electrons. The lowest BCUT2D eigenvalue weighted by atomic mass is 10.3. The van der Waals surface area contributed by atoms with Crippen LogP contribution < -0.4 is 0 Å². The van der Waals surface area contributed by atoms with Crippen molar-refractivity contribution in [1.82, 2.24) is 9.78 Å². The van der Waals surface area contributed by atoms with Crippen LogP contribution in [0.25, 0.3) is 5.69 Å². The predicted molar refractivity (Wildman–Crippen MR) is 48.6 cm³/mol. The molecule has 2 rings (SSSR count). The third-order valence-corrected chi connectivity index (χ3v) is 1.77. The first kappa shape index (κ1) is 7.37. The van der Waals surface area contributed by atoms with Gasteiger partial charge in [-0.1, -0.05) is 29.8 Å². The van der Waals surface area contributed by atoms with Gasteiger partial charge in [0.1, 0.15) is 0 Å². The van der Waals surface area contributed by atoms with Crippen molar-refractivity contribution in [3.63, 3.8) is 0 Å². The summed E-state index contributed by atoms with van der Waals surface area (Å²) in [5.74, 6) is 0. The lowest BCUT2D eigenvalue weighted by Crippen LogP contribution is -1.92. The molecule has 12 heavy (non-hydrogen) atoms. The first-order valence-corrected chi connectivity index (χ1v) is 3.99. The molecule has 0 amide bonds. The van der Waals surface area contributed by atoms with Gasteiger partial charge in [-0.3, -0.25) is 0 Å². The minimum atomic E-state index is 0.652. The monoisotopic (exact) mass is 178 g/mol. The van der Waals surface area contributed by atoms with E-state index in [1.165, 1.54) is 0 Å². The summed E-state index contributed by atoms with van der Waals surface area (Å²) < 4.78 is 1.74. The Balaban J connectivity index is 2.45. The predicted octanol–water partition coefficient (Wildman–Crippen LogP) is 2.53. The molecule has 0 saturated carbocycles. The van der Waals surface area contributed by atoms with Gasteiger partial charge in [0.15, 0.2) is 0 Å². The zero-order valence-corrected chi connectivity index (χ0v) is 7.07. The fraction of sp³-hybridized carbons (Fsp3) is 0. The first-order chi connectivity index (χ1) is 5.86. The van der Waals surface area contributed by atoms with Gasteiger partial charge in [-0.2, -0.15) is 5.10 Å². The minimum Gasteiger partial charge on any atom is -0.239 e. The number of aromatic nitrogens is 2. The van der Waals surface area contributed by atoms with Gasteiger partial charge in [-0.05, 0) is 12.1 Å². The van der Waals surface area contributed by atoms with Crippen LogP contribution in [0.1, 0.15) is 0 Å². The molecule has 3 heteroatoms. The highest BCUT2D eigenvalue weighted by molar-refractivity contribution is 6.30. The van der Waals surface area contributed by atoms with Crippen LogP contribution in [-0.2, 0) is 0 Å². The van der Waals surface area contributed by atoms with E-state index >= 15 is 0 Å². The van der Waals surface area contributed by atoms with Crippen LogP contribution in [0.2, 0.25) is 5.02 Å².